The Morgan fingerprint density at radius 3 is 2.55 bits per heavy atom. The van der Waals surface area contributed by atoms with Crippen molar-refractivity contribution in [1.29, 1.82) is 0 Å². The first-order chi connectivity index (χ1) is 9.56. The van der Waals surface area contributed by atoms with Crippen molar-refractivity contribution >= 4 is 18.0 Å². The van der Waals surface area contributed by atoms with Gasteiger partial charge in [0.05, 0.1) is 5.92 Å². The van der Waals surface area contributed by atoms with E-state index < -0.39 is 11.9 Å². The van der Waals surface area contributed by atoms with Crippen LogP contribution in [0.4, 0.5) is 0 Å². The second-order valence-electron chi connectivity index (χ2n) is 4.92. The van der Waals surface area contributed by atoms with Crippen LogP contribution in [0.2, 0.25) is 0 Å². The van der Waals surface area contributed by atoms with Crippen molar-refractivity contribution < 1.29 is 19.8 Å². The number of benzene rings is 1. The van der Waals surface area contributed by atoms with Crippen LogP contribution >= 0.6 is 0 Å². The van der Waals surface area contributed by atoms with Crippen molar-refractivity contribution in [1.82, 2.24) is 5.32 Å². The van der Waals surface area contributed by atoms with E-state index in [0.717, 1.165) is 12.0 Å². The van der Waals surface area contributed by atoms with Crippen LogP contribution in [0.25, 0.3) is 6.08 Å². The summed E-state index contributed by atoms with van der Waals surface area (Å²) >= 11 is 0. The molecule has 3 N–H and O–H groups in total. The molecular formula is C15H17NO4. The molecule has 0 heterocycles. The van der Waals surface area contributed by atoms with Gasteiger partial charge in [0.1, 0.15) is 5.75 Å². The van der Waals surface area contributed by atoms with Crippen molar-refractivity contribution in [3.63, 3.8) is 0 Å². The number of phenolic OH excluding ortho intramolecular Hbond substituents is 1. The molecule has 1 aliphatic carbocycles. The van der Waals surface area contributed by atoms with Crippen LogP contribution in [0.1, 0.15) is 24.8 Å². The van der Waals surface area contributed by atoms with Crippen LogP contribution in [0.3, 0.4) is 0 Å². The number of carboxylic acid groups (broad SMARTS) is 1. The Bertz CT molecular complexity index is 521. The van der Waals surface area contributed by atoms with Crippen LogP contribution in [-0.4, -0.2) is 28.1 Å². The summed E-state index contributed by atoms with van der Waals surface area (Å²) in [6.45, 7) is 0. The molecule has 5 heteroatoms. The van der Waals surface area contributed by atoms with Crippen molar-refractivity contribution in [2.75, 3.05) is 0 Å². The van der Waals surface area contributed by atoms with E-state index in [4.69, 9.17) is 10.2 Å². The van der Waals surface area contributed by atoms with Gasteiger partial charge in [0.25, 0.3) is 0 Å². The molecule has 1 aliphatic rings. The molecule has 1 aromatic rings. The van der Waals surface area contributed by atoms with Crippen LogP contribution < -0.4 is 5.32 Å². The zero-order chi connectivity index (χ0) is 14.5. The molecule has 20 heavy (non-hydrogen) atoms. The largest absolute Gasteiger partial charge is 0.508 e. The van der Waals surface area contributed by atoms with E-state index in [9.17, 15) is 9.59 Å². The minimum atomic E-state index is -0.852. The molecule has 0 aromatic heterocycles. The van der Waals surface area contributed by atoms with Gasteiger partial charge in [-0.1, -0.05) is 18.6 Å². The predicted molar refractivity (Wildman–Crippen MR) is 74.0 cm³/mol. The van der Waals surface area contributed by atoms with Crippen LogP contribution in [0.5, 0.6) is 5.75 Å². The Balaban J connectivity index is 1.92. The number of nitrogens with one attached hydrogen (secondary N) is 1. The number of carbonyl (C=O) groups is 2. The summed E-state index contributed by atoms with van der Waals surface area (Å²) in [4.78, 5) is 22.8. The zero-order valence-electron chi connectivity index (χ0n) is 11.0. The maximum absolute atomic E-state index is 11.8. The molecule has 0 radical (unpaired) electrons. The monoisotopic (exact) mass is 275 g/mol. The predicted octanol–water partition coefficient (Wildman–Crippen LogP) is 1.77. The summed E-state index contributed by atoms with van der Waals surface area (Å²) in [5.41, 5.74) is 0.791. The summed E-state index contributed by atoms with van der Waals surface area (Å²) in [6, 6.07) is 6.16. The maximum Gasteiger partial charge on any atom is 0.308 e. The fraction of sp³-hybridized carbons (Fsp3) is 0.333. The van der Waals surface area contributed by atoms with Gasteiger partial charge < -0.3 is 15.5 Å². The van der Waals surface area contributed by atoms with Gasteiger partial charge in [-0.3, -0.25) is 9.59 Å². The Hall–Kier alpha value is -2.30. The Labute approximate surface area is 116 Å². The number of hydrogen-bond acceptors (Lipinski definition) is 3. The number of phenols is 1. The number of aromatic hydroxyl groups is 1. The summed E-state index contributed by atoms with van der Waals surface area (Å²) in [5, 5.41) is 20.9. The molecule has 2 unspecified atom stereocenters. The number of amides is 1. The standard InChI is InChI=1S/C15H17NO4/c17-11-7-4-10(5-8-11)6-9-14(18)16-13-3-1-2-12(13)15(19)20/h4-9,12-13,17H,1-3H2,(H,16,18)(H,19,20). The molecule has 1 saturated carbocycles. The first-order valence-corrected chi connectivity index (χ1v) is 6.56. The van der Waals surface area contributed by atoms with Gasteiger partial charge in [-0.25, -0.2) is 0 Å². The third kappa shape index (κ3) is 3.60. The van der Waals surface area contributed by atoms with E-state index in [1.54, 1.807) is 18.2 Å². The lowest BCUT2D eigenvalue weighted by atomic mass is 10.0. The molecule has 1 aromatic carbocycles. The molecule has 2 atom stereocenters. The van der Waals surface area contributed by atoms with Crippen LogP contribution in [0, 0.1) is 5.92 Å². The molecule has 0 saturated heterocycles. The average molecular weight is 275 g/mol. The molecule has 106 valence electrons. The molecule has 1 fully saturated rings. The minimum Gasteiger partial charge on any atom is -0.508 e. The van der Waals surface area contributed by atoms with Crippen LogP contribution in [0.15, 0.2) is 30.3 Å². The number of aliphatic carboxylic acids is 1. The van der Waals surface area contributed by atoms with E-state index in [1.807, 2.05) is 0 Å². The highest BCUT2D eigenvalue weighted by molar-refractivity contribution is 5.92. The molecule has 5 nitrogen and oxygen atoms in total. The van der Waals surface area contributed by atoms with E-state index in [1.165, 1.54) is 18.2 Å². The highest BCUT2D eigenvalue weighted by atomic mass is 16.4. The second-order valence-corrected chi connectivity index (χ2v) is 4.92. The van der Waals surface area contributed by atoms with Crippen molar-refractivity contribution in [2.24, 2.45) is 5.92 Å². The number of rotatable bonds is 4. The summed E-state index contributed by atoms with van der Waals surface area (Å²) < 4.78 is 0. The smallest absolute Gasteiger partial charge is 0.308 e. The lowest BCUT2D eigenvalue weighted by Gasteiger charge is -2.16. The van der Waals surface area contributed by atoms with E-state index >= 15 is 0 Å². The highest BCUT2D eigenvalue weighted by Crippen LogP contribution is 2.25. The number of hydrogen-bond donors (Lipinski definition) is 3. The first kappa shape index (κ1) is 14.1. The maximum atomic E-state index is 11.8. The molecule has 0 bridgehead atoms. The fourth-order valence-corrected chi connectivity index (χ4v) is 2.42. The first-order valence-electron chi connectivity index (χ1n) is 6.56. The highest BCUT2D eigenvalue weighted by Gasteiger charge is 2.33. The Morgan fingerprint density at radius 2 is 1.90 bits per heavy atom. The summed E-state index contributed by atoms with van der Waals surface area (Å²) in [7, 11) is 0. The lowest BCUT2D eigenvalue weighted by molar-refractivity contribution is -0.142. The van der Waals surface area contributed by atoms with Crippen molar-refractivity contribution in [2.45, 2.75) is 25.3 Å². The third-order valence-corrected chi connectivity index (χ3v) is 3.48. The van der Waals surface area contributed by atoms with Gasteiger partial charge in [0, 0.05) is 12.1 Å². The second kappa shape index (κ2) is 6.23. The van der Waals surface area contributed by atoms with Gasteiger partial charge in [0.2, 0.25) is 5.91 Å². The van der Waals surface area contributed by atoms with E-state index in [0.29, 0.717) is 12.8 Å². The number of carboxylic acids is 1. The third-order valence-electron chi connectivity index (χ3n) is 3.48. The average Bonchev–Trinajstić information content (AvgIpc) is 2.86. The van der Waals surface area contributed by atoms with Gasteiger partial charge >= 0.3 is 5.97 Å². The lowest BCUT2D eigenvalue weighted by Crippen LogP contribution is -2.39. The van der Waals surface area contributed by atoms with Crippen molar-refractivity contribution in [3.05, 3.63) is 35.9 Å². The van der Waals surface area contributed by atoms with Crippen LogP contribution in [-0.2, 0) is 9.59 Å². The number of carbonyl (C=O) groups excluding carboxylic acids is 1. The molecular weight excluding hydrogens is 258 g/mol. The normalized spacial score (nSPS) is 22.0. The zero-order valence-corrected chi connectivity index (χ0v) is 11.0. The van der Waals surface area contributed by atoms with Gasteiger partial charge in [-0.05, 0) is 36.6 Å². The van der Waals surface area contributed by atoms with E-state index in [2.05, 4.69) is 5.32 Å². The summed E-state index contributed by atoms with van der Waals surface area (Å²) in [5.74, 6) is -1.46. The molecule has 0 aliphatic heterocycles. The molecule has 1 amide bonds. The van der Waals surface area contributed by atoms with Crippen molar-refractivity contribution in [3.8, 4) is 5.75 Å². The molecule has 0 spiro atoms. The Kier molecular flexibility index (Phi) is 4.40. The van der Waals surface area contributed by atoms with Gasteiger partial charge in [-0.15, -0.1) is 0 Å². The van der Waals surface area contributed by atoms with E-state index in [-0.39, 0.29) is 17.7 Å². The molecule has 2 rings (SSSR count). The SMILES string of the molecule is O=C(C=Cc1ccc(O)cc1)NC1CCCC1C(=O)O. The Morgan fingerprint density at radius 1 is 1.20 bits per heavy atom. The fourth-order valence-electron chi connectivity index (χ4n) is 2.42. The topological polar surface area (TPSA) is 86.6 Å². The van der Waals surface area contributed by atoms with Gasteiger partial charge in [-0.2, -0.15) is 0 Å². The minimum absolute atomic E-state index is 0.168. The quantitative estimate of drug-likeness (QED) is 0.731. The van der Waals surface area contributed by atoms with Gasteiger partial charge in [0.15, 0.2) is 0 Å². The summed E-state index contributed by atoms with van der Waals surface area (Å²) in [6.07, 6.45) is 5.14.